The second-order valence-electron chi connectivity index (χ2n) is 3.75. The standard InChI is InChI=1S/C8H18FNO/c1-8(2,3)10-5-4-7(9)6-11/h7,10-11H,4-6H2,1-3H3. The van der Waals surface area contributed by atoms with E-state index in [9.17, 15) is 4.39 Å². The second-order valence-corrected chi connectivity index (χ2v) is 3.75. The molecule has 0 aromatic heterocycles. The van der Waals surface area contributed by atoms with Gasteiger partial charge in [-0.15, -0.1) is 0 Å². The average molecular weight is 163 g/mol. The number of hydrogen-bond donors (Lipinski definition) is 2. The van der Waals surface area contributed by atoms with E-state index in [-0.39, 0.29) is 12.1 Å². The minimum Gasteiger partial charge on any atom is -0.393 e. The molecule has 1 atom stereocenters. The Bertz CT molecular complexity index is 101. The number of hydrogen-bond acceptors (Lipinski definition) is 2. The van der Waals surface area contributed by atoms with Gasteiger partial charge in [0, 0.05) is 5.54 Å². The van der Waals surface area contributed by atoms with Gasteiger partial charge in [0.25, 0.3) is 0 Å². The van der Waals surface area contributed by atoms with Gasteiger partial charge < -0.3 is 10.4 Å². The van der Waals surface area contributed by atoms with Crippen LogP contribution in [0.25, 0.3) is 0 Å². The molecule has 2 N–H and O–H groups in total. The monoisotopic (exact) mass is 163 g/mol. The topological polar surface area (TPSA) is 32.3 Å². The summed E-state index contributed by atoms with van der Waals surface area (Å²) in [5.74, 6) is 0. The Morgan fingerprint density at radius 3 is 2.36 bits per heavy atom. The number of aliphatic hydroxyl groups is 1. The van der Waals surface area contributed by atoms with Gasteiger partial charge in [0.2, 0.25) is 0 Å². The molecule has 0 aliphatic carbocycles. The maximum absolute atomic E-state index is 12.4. The predicted octanol–water partition coefficient (Wildman–Crippen LogP) is 1.09. The molecule has 3 heteroatoms. The molecule has 0 aromatic carbocycles. The summed E-state index contributed by atoms with van der Waals surface area (Å²) < 4.78 is 12.4. The molecule has 0 bridgehead atoms. The quantitative estimate of drug-likeness (QED) is 0.650. The first-order valence-electron chi connectivity index (χ1n) is 3.95. The van der Waals surface area contributed by atoms with Gasteiger partial charge in [0.05, 0.1) is 6.61 Å². The van der Waals surface area contributed by atoms with Crippen LogP contribution in [0.4, 0.5) is 4.39 Å². The highest BCUT2D eigenvalue weighted by atomic mass is 19.1. The Kier molecular flexibility index (Phi) is 4.61. The van der Waals surface area contributed by atoms with E-state index in [0.29, 0.717) is 13.0 Å². The highest BCUT2D eigenvalue weighted by molar-refractivity contribution is 4.70. The van der Waals surface area contributed by atoms with Gasteiger partial charge in [-0.3, -0.25) is 0 Å². The highest BCUT2D eigenvalue weighted by Gasteiger charge is 2.09. The molecular formula is C8H18FNO. The van der Waals surface area contributed by atoms with Crippen molar-refractivity contribution >= 4 is 0 Å². The van der Waals surface area contributed by atoms with Gasteiger partial charge in [-0.1, -0.05) is 0 Å². The van der Waals surface area contributed by atoms with E-state index in [1.807, 2.05) is 20.8 Å². The Labute approximate surface area is 67.8 Å². The normalized spacial score (nSPS) is 15.0. The molecular weight excluding hydrogens is 145 g/mol. The van der Waals surface area contributed by atoms with E-state index in [1.165, 1.54) is 0 Å². The van der Waals surface area contributed by atoms with Crippen LogP contribution in [0.15, 0.2) is 0 Å². The summed E-state index contributed by atoms with van der Waals surface area (Å²) in [5, 5.41) is 11.5. The molecule has 2 nitrogen and oxygen atoms in total. The smallest absolute Gasteiger partial charge is 0.124 e. The second kappa shape index (κ2) is 4.67. The van der Waals surface area contributed by atoms with Crippen LogP contribution in [0.5, 0.6) is 0 Å². The Morgan fingerprint density at radius 2 is 2.00 bits per heavy atom. The van der Waals surface area contributed by atoms with Crippen LogP contribution in [-0.2, 0) is 0 Å². The molecule has 0 spiro atoms. The lowest BCUT2D eigenvalue weighted by molar-refractivity contribution is 0.167. The van der Waals surface area contributed by atoms with Crippen molar-refractivity contribution in [3.8, 4) is 0 Å². The van der Waals surface area contributed by atoms with Crippen molar-refractivity contribution in [3.63, 3.8) is 0 Å². The van der Waals surface area contributed by atoms with E-state index in [0.717, 1.165) is 0 Å². The maximum atomic E-state index is 12.4. The van der Waals surface area contributed by atoms with Crippen LogP contribution in [0.1, 0.15) is 27.2 Å². The van der Waals surface area contributed by atoms with Crippen molar-refractivity contribution in [2.75, 3.05) is 13.2 Å². The van der Waals surface area contributed by atoms with Gasteiger partial charge in [0.1, 0.15) is 6.17 Å². The third kappa shape index (κ3) is 7.75. The molecule has 0 aliphatic rings. The van der Waals surface area contributed by atoms with Crippen LogP contribution >= 0.6 is 0 Å². The molecule has 0 aromatic rings. The third-order valence-corrected chi connectivity index (χ3v) is 1.31. The van der Waals surface area contributed by atoms with Crippen LogP contribution < -0.4 is 5.32 Å². The van der Waals surface area contributed by atoms with Gasteiger partial charge in [0.15, 0.2) is 0 Å². The van der Waals surface area contributed by atoms with E-state index in [1.54, 1.807) is 0 Å². The summed E-state index contributed by atoms with van der Waals surface area (Å²) in [6, 6.07) is 0. The lowest BCUT2D eigenvalue weighted by Crippen LogP contribution is -2.37. The number of nitrogens with one attached hydrogen (secondary N) is 1. The minimum atomic E-state index is -1.08. The first-order valence-corrected chi connectivity index (χ1v) is 3.95. The van der Waals surface area contributed by atoms with Gasteiger partial charge in [-0.05, 0) is 33.7 Å². The van der Waals surface area contributed by atoms with E-state index < -0.39 is 6.17 Å². The zero-order valence-electron chi connectivity index (χ0n) is 7.52. The first kappa shape index (κ1) is 10.8. The van der Waals surface area contributed by atoms with Crippen molar-refractivity contribution in [1.29, 1.82) is 0 Å². The van der Waals surface area contributed by atoms with Crippen molar-refractivity contribution in [2.24, 2.45) is 0 Å². The number of halogens is 1. The summed E-state index contributed by atoms with van der Waals surface area (Å²) >= 11 is 0. The Hall–Kier alpha value is -0.150. The predicted molar refractivity (Wildman–Crippen MR) is 44.4 cm³/mol. The van der Waals surface area contributed by atoms with E-state index in [2.05, 4.69) is 5.32 Å². The lowest BCUT2D eigenvalue weighted by atomic mass is 10.1. The van der Waals surface area contributed by atoms with E-state index in [4.69, 9.17) is 5.11 Å². The molecule has 11 heavy (non-hydrogen) atoms. The van der Waals surface area contributed by atoms with Gasteiger partial charge in [-0.25, -0.2) is 4.39 Å². The van der Waals surface area contributed by atoms with Crippen molar-refractivity contribution in [3.05, 3.63) is 0 Å². The summed E-state index contributed by atoms with van der Waals surface area (Å²) in [6.07, 6.45) is -0.696. The van der Waals surface area contributed by atoms with Crippen LogP contribution in [0.2, 0.25) is 0 Å². The molecule has 0 heterocycles. The third-order valence-electron chi connectivity index (χ3n) is 1.31. The fourth-order valence-corrected chi connectivity index (χ4v) is 0.695. The molecule has 0 saturated carbocycles. The Balaban J connectivity index is 3.28. The van der Waals surface area contributed by atoms with Crippen molar-refractivity contribution < 1.29 is 9.50 Å². The van der Waals surface area contributed by atoms with Crippen LogP contribution in [0.3, 0.4) is 0 Å². The summed E-state index contributed by atoms with van der Waals surface area (Å²) in [4.78, 5) is 0. The van der Waals surface area contributed by atoms with Gasteiger partial charge in [-0.2, -0.15) is 0 Å². The largest absolute Gasteiger partial charge is 0.393 e. The molecule has 0 radical (unpaired) electrons. The SMILES string of the molecule is CC(C)(C)NCCC(F)CO. The van der Waals surface area contributed by atoms with Crippen molar-refractivity contribution in [1.82, 2.24) is 5.32 Å². The molecule has 0 rings (SSSR count). The number of aliphatic hydroxyl groups excluding tert-OH is 1. The van der Waals surface area contributed by atoms with Crippen molar-refractivity contribution in [2.45, 2.75) is 38.9 Å². The maximum Gasteiger partial charge on any atom is 0.124 e. The molecule has 0 aliphatic heterocycles. The zero-order chi connectivity index (χ0) is 8.91. The first-order chi connectivity index (χ1) is 4.95. The highest BCUT2D eigenvalue weighted by Crippen LogP contribution is 2.00. The van der Waals surface area contributed by atoms with E-state index >= 15 is 0 Å². The van der Waals surface area contributed by atoms with Crippen LogP contribution in [0, 0.1) is 0 Å². The number of alkyl halides is 1. The molecule has 0 fully saturated rings. The average Bonchev–Trinajstić information content (AvgIpc) is 1.85. The summed E-state index contributed by atoms with van der Waals surface area (Å²) in [6.45, 7) is 6.33. The number of rotatable bonds is 4. The zero-order valence-corrected chi connectivity index (χ0v) is 7.52. The van der Waals surface area contributed by atoms with Gasteiger partial charge >= 0.3 is 0 Å². The molecule has 0 amide bonds. The summed E-state index contributed by atoms with van der Waals surface area (Å²) in [7, 11) is 0. The summed E-state index contributed by atoms with van der Waals surface area (Å²) in [5.41, 5.74) is 0.0369. The molecule has 0 saturated heterocycles. The minimum absolute atomic E-state index is 0.0369. The fraction of sp³-hybridized carbons (Fsp3) is 1.00. The molecule has 1 unspecified atom stereocenters. The fourth-order valence-electron chi connectivity index (χ4n) is 0.695. The van der Waals surface area contributed by atoms with Crippen LogP contribution in [-0.4, -0.2) is 30.0 Å². The Morgan fingerprint density at radius 1 is 1.45 bits per heavy atom. The molecule has 68 valence electrons. The lowest BCUT2D eigenvalue weighted by Gasteiger charge is -2.20.